The van der Waals surface area contributed by atoms with Crippen LogP contribution < -0.4 is 10.6 Å². The first-order valence-electron chi connectivity index (χ1n) is 8.59. The van der Waals surface area contributed by atoms with Gasteiger partial charge in [0.05, 0.1) is 6.61 Å². The van der Waals surface area contributed by atoms with Crippen LogP contribution in [-0.2, 0) is 4.74 Å². The van der Waals surface area contributed by atoms with Gasteiger partial charge in [0, 0.05) is 32.2 Å². The second-order valence-electron chi connectivity index (χ2n) is 6.21. The first-order valence-corrected chi connectivity index (χ1v) is 8.59. The topological polar surface area (TPSA) is 66.0 Å². The van der Waals surface area contributed by atoms with Crippen molar-refractivity contribution >= 4 is 12.1 Å². The Balaban J connectivity index is 1.69. The summed E-state index contributed by atoms with van der Waals surface area (Å²) in [5.41, 5.74) is 0. The number of nitrogens with zero attached hydrogens (tertiary/aromatic N) is 2. The van der Waals surface area contributed by atoms with Gasteiger partial charge >= 0.3 is 6.09 Å². The molecule has 0 aromatic heterocycles. The number of rotatable bonds is 5. The highest BCUT2D eigenvalue weighted by atomic mass is 16.6. The fourth-order valence-electron chi connectivity index (χ4n) is 3.08. The number of nitrogens with one attached hydrogen (secondary N) is 2. The van der Waals surface area contributed by atoms with Crippen molar-refractivity contribution in [3.63, 3.8) is 0 Å². The van der Waals surface area contributed by atoms with Crippen LogP contribution in [0.15, 0.2) is 4.99 Å². The lowest BCUT2D eigenvalue weighted by molar-refractivity contribution is 0.0963. The molecule has 6 heteroatoms. The van der Waals surface area contributed by atoms with Gasteiger partial charge in [0.1, 0.15) is 0 Å². The van der Waals surface area contributed by atoms with E-state index in [1.54, 1.807) is 4.90 Å². The lowest BCUT2D eigenvalue weighted by atomic mass is 10.1. The minimum atomic E-state index is -0.191. The van der Waals surface area contributed by atoms with E-state index < -0.39 is 0 Å². The number of carbonyl (C=O) groups excluding carboxylic acids is 1. The van der Waals surface area contributed by atoms with Crippen LogP contribution >= 0.6 is 0 Å². The molecular weight excluding hydrogens is 280 g/mol. The number of hydrogen-bond acceptors (Lipinski definition) is 3. The normalized spacial score (nSPS) is 25.8. The highest BCUT2D eigenvalue weighted by Crippen LogP contribution is 2.34. The third-order valence-electron chi connectivity index (χ3n) is 4.49. The molecule has 2 N–H and O–H groups in total. The molecule has 1 heterocycles. The van der Waals surface area contributed by atoms with Crippen molar-refractivity contribution in [3.05, 3.63) is 0 Å². The Morgan fingerprint density at radius 1 is 1.27 bits per heavy atom. The maximum absolute atomic E-state index is 11.7. The highest BCUT2D eigenvalue weighted by Gasteiger charge is 2.37. The third kappa shape index (κ3) is 4.78. The Bertz CT molecular complexity index is 392. The summed E-state index contributed by atoms with van der Waals surface area (Å²) in [7, 11) is 1.82. The Kier molecular flexibility index (Phi) is 6.34. The van der Waals surface area contributed by atoms with Crippen LogP contribution in [0.25, 0.3) is 0 Å². The Labute approximate surface area is 133 Å². The third-order valence-corrected chi connectivity index (χ3v) is 4.49. The van der Waals surface area contributed by atoms with Gasteiger partial charge in [-0.1, -0.05) is 13.3 Å². The summed E-state index contributed by atoms with van der Waals surface area (Å²) < 4.78 is 5.05. The average Bonchev–Trinajstić information content (AvgIpc) is 3.25. The van der Waals surface area contributed by atoms with E-state index in [4.69, 9.17) is 4.74 Å². The smallest absolute Gasteiger partial charge is 0.409 e. The van der Waals surface area contributed by atoms with E-state index in [-0.39, 0.29) is 6.09 Å². The zero-order chi connectivity index (χ0) is 15.9. The molecule has 2 unspecified atom stereocenters. The quantitative estimate of drug-likeness (QED) is 0.602. The van der Waals surface area contributed by atoms with Gasteiger partial charge in [0.2, 0.25) is 0 Å². The molecule has 126 valence electrons. The van der Waals surface area contributed by atoms with Crippen LogP contribution in [0.2, 0.25) is 0 Å². The van der Waals surface area contributed by atoms with Crippen molar-refractivity contribution in [3.8, 4) is 0 Å². The molecule has 1 saturated carbocycles. The lowest BCUT2D eigenvalue weighted by Gasteiger charge is -2.32. The number of guanidine groups is 1. The van der Waals surface area contributed by atoms with Crippen LogP contribution in [0.3, 0.4) is 0 Å². The van der Waals surface area contributed by atoms with E-state index in [1.165, 1.54) is 19.3 Å². The van der Waals surface area contributed by atoms with Crippen LogP contribution in [0.1, 0.15) is 46.0 Å². The van der Waals surface area contributed by atoms with E-state index in [1.807, 2.05) is 14.0 Å². The SMILES string of the molecule is CCCC1CC1NC(=NC)NC1CCN(C(=O)OCC)CC1. The minimum Gasteiger partial charge on any atom is -0.450 e. The maximum Gasteiger partial charge on any atom is 0.409 e. The summed E-state index contributed by atoms with van der Waals surface area (Å²) in [5, 5.41) is 7.00. The average molecular weight is 310 g/mol. The van der Waals surface area contributed by atoms with Crippen LogP contribution in [0.5, 0.6) is 0 Å². The van der Waals surface area contributed by atoms with Crippen LogP contribution in [0.4, 0.5) is 4.79 Å². The summed E-state index contributed by atoms with van der Waals surface area (Å²) in [6.07, 6.45) is 5.48. The second kappa shape index (κ2) is 8.25. The number of hydrogen-bond donors (Lipinski definition) is 2. The predicted molar refractivity (Wildman–Crippen MR) is 88.1 cm³/mol. The molecule has 2 fully saturated rings. The molecule has 1 saturated heterocycles. The maximum atomic E-state index is 11.7. The molecule has 22 heavy (non-hydrogen) atoms. The molecule has 0 aromatic carbocycles. The van der Waals surface area contributed by atoms with Gasteiger partial charge in [-0.2, -0.15) is 0 Å². The van der Waals surface area contributed by atoms with E-state index in [2.05, 4.69) is 22.5 Å². The summed E-state index contributed by atoms with van der Waals surface area (Å²) in [4.78, 5) is 17.8. The predicted octanol–water partition coefficient (Wildman–Crippen LogP) is 1.96. The van der Waals surface area contributed by atoms with Gasteiger partial charge in [0.25, 0.3) is 0 Å². The zero-order valence-corrected chi connectivity index (χ0v) is 14.1. The molecule has 1 aliphatic heterocycles. The van der Waals surface area contributed by atoms with E-state index in [9.17, 15) is 4.79 Å². The van der Waals surface area contributed by atoms with Crippen molar-refractivity contribution in [2.24, 2.45) is 10.9 Å². The molecule has 0 spiro atoms. The monoisotopic (exact) mass is 310 g/mol. The van der Waals surface area contributed by atoms with Gasteiger partial charge < -0.3 is 20.3 Å². The number of ether oxygens (including phenoxy) is 1. The van der Waals surface area contributed by atoms with Gasteiger partial charge in [-0.15, -0.1) is 0 Å². The standard InChI is InChI=1S/C16H30N4O2/c1-4-6-12-11-14(12)19-15(17-3)18-13-7-9-20(10-8-13)16(21)22-5-2/h12-14H,4-11H2,1-3H3,(H2,17,18,19). The molecule has 0 aromatic rings. The van der Waals surface area contributed by atoms with Crippen molar-refractivity contribution in [2.75, 3.05) is 26.7 Å². The Morgan fingerprint density at radius 2 is 2.00 bits per heavy atom. The lowest BCUT2D eigenvalue weighted by Crippen LogP contribution is -2.50. The number of likely N-dealkylation sites (tertiary alicyclic amines) is 1. The molecule has 6 nitrogen and oxygen atoms in total. The van der Waals surface area contributed by atoms with Crippen LogP contribution in [0, 0.1) is 5.92 Å². The fourth-order valence-corrected chi connectivity index (χ4v) is 3.08. The molecule has 1 aliphatic carbocycles. The summed E-state index contributed by atoms with van der Waals surface area (Å²) in [5.74, 6) is 1.72. The second-order valence-corrected chi connectivity index (χ2v) is 6.21. The molecule has 2 rings (SSSR count). The number of carbonyl (C=O) groups is 1. The largest absolute Gasteiger partial charge is 0.450 e. The molecule has 0 radical (unpaired) electrons. The number of aliphatic imine (C=N–C) groups is 1. The van der Waals surface area contributed by atoms with Gasteiger partial charge in [-0.3, -0.25) is 4.99 Å². The minimum absolute atomic E-state index is 0.191. The van der Waals surface area contributed by atoms with Crippen LogP contribution in [-0.4, -0.2) is 55.8 Å². The molecule has 2 aliphatic rings. The van der Waals surface area contributed by atoms with Gasteiger partial charge in [-0.05, 0) is 38.5 Å². The summed E-state index contributed by atoms with van der Waals surface area (Å²) in [6.45, 7) is 6.00. The molecular formula is C16H30N4O2. The van der Waals surface area contributed by atoms with Gasteiger partial charge in [0.15, 0.2) is 5.96 Å². The molecule has 2 atom stereocenters. The Hall–Kier alpha value is -1.46. The van der Waals surface area contributed by atoms with Crippen molar-refractivity contribution < 1.29 is 9.53 Å². The van der Waals surface area contributed by atoms with Crippen molar-refractivity contribution in [2.45, 2.75) is 58.0 Å². The van der Waals surface area contributed by atoms with E-state index in [0.29, 0.717) is 18.7 Å². The molecule has 0 bridgehead atoms. The fraction of sp³-hybridized carbons (Fsp3) is 0.875. The highest BCUT2D eigenvalue weighted by molar-refractivity contribution is 5.80. The zero-order valence-electron chi connectivity index (χ0n) is 14.1. The molecule has 1 amide bonds. The number of piperidine rings is 1. The van der Waals surface area contributed by atoms with E-state index >= 15 is 0 Å². The van der Waals surface area contributed by atoms with Gasteiger partial charge in [-0.25, -0.2) is 4.79 Å². The summed E-state index contributed by atoms with van der Waals surface area (Å²) in [6, 6.07) is 0.964. The van der Waals surface area contributed by atoms with Crippen molar-refractivity contribution in [1.82, 2.24) is 15.5 Å². The summed E-state index contributed by atoms with van der Waals surface area (Å²) >= 11 is 0. The first-order chi connectivity index (χ1) is 10.7. The first kappa shape index (κ1) is 16.9. The Morgan fingerprint density at radius 3 is 2.59 bits per heavy atom. The van der Waals surface area contributed by atoms with E-state index in [0.717, 1.165) is 37.8 Å². The number of amides is 1. The van der Waals surface area contributed by atoms with Crippen molar-refractivity contribution in [1.29, 1.82) is 0 Å².